The highest BCUT2D eigenvalue weighted by atomic mass is 16.7. The Labute approximate surface area is 282 Å². The van der Waals surface area contributed by atoms with Gasteiger partial charge >= 0.3 is 12.0 Å². The van der Waals surface area contributed by atoms with Crippen LogP contribution in [-0.2, 0) is 45.0 Å². The molecule has 2 heterocycles. The van der Waals surface area contributed by atoms with Crippen LogP contribution in [0.5, 0.6) is 0 Å². The molecule has 2 amide bonds. The maximum absolute atomic E-state index is 12.7. The molecule has 5 rings (SSSR count). The number of aliphatic hydroxyl groups excluding tert-OH is 1. The number of rotatable bonds is 14. The number of amides is 2. The molecule has 1 fully saturated rings. The van der Waals surface area contributed by atoms with E-state index in [2.05, 4.69) is 27.6 Å². The van der Waals surface area contributed by atoms with Crippen molar-refractivity contribution in [1.29, 1.82) is 0 Å². The molecule has 4 unspecified atom stereocenters. The third kappa shape index (κ3) is 10.2. The summed E-state index contributed by atoms with van der Waals surface area (Å²) in [4.78, 5) is 31.8. The highest BCUT2D eigenvalue weighted by Gasteiger charge is 2.33. The fourth-order valence-corrected chi connectivity index (χ4v) is 5.69. The second-order valence-corrected chi connectivity index (χ2v) is 12.0. The zero-order valence-electron chi connectivity index (χ0n) is 27.5. The first-order valence-electron chi connectivity index (χ1n) is 16.2. The summed E-state index contributed by atoms with van der Waals surface area (Å²) in [6.45, 7) is 1.83. The van der Waals surface area contributed by atoms with Gasteiger partial charge in [-0.15, -0.1) is 0 Å². The molecular weight excluding hydrogens is 608 g/mol. The van der Waals surface area contributed by atoms with Crippen LogP contribution in [0, 0.1) is 0 Å². The van der Waals surface area contributed by atoms with Crippen molar-refractivity contribution < 1.29 is 28.9 Å². The van der Waals surface area contributed by atoms with Crippen LogP contribution in [0.2, 0.25) is 0 Å². The van der Waals surface area contributed by atoms with Gasteiger partial charge < -0.3 is 34.9 Å². The topological polar surface area (TPSA) is 122 Å². The maximum Gasteiger partial charge on any atom is 0.328 e. The molecule has 10 heteroatoms. The zero-order valence-corrected chi connectivity index (χ0v) is 27.5. The Morgan fingerprint density at radius 2 is 1.62 bits per heavy atom. The van der Waals surface area contributed by atoms with Gasteiger partial charge in [-0.3, -0.25) is 4.98 Å². The fraction of sp³-hybridized carbons (Fsp3) is 0.342. The summed E-state index contributed by atoms with van der Waals surface area (Å²) in [6, 6.07) is 29.8. The van der Waals surface area contributed by atoms with E-state index in [0.717, 1.165) is 53.0 Å². The molecule has 0 radical (unpaired) electrons. The number of urea groups is 1. The smallest absolute Gasteiger partial charge is 0.328 e. The normalized spacial score (nSPS) is 18.2. The number of likely N-dealkylation sites (N-methyl/N-ethyl adjacent to an activating group) is 1. The van der Waals surface area contributed by atoms with Crippen molar-refractivity contribution in [1.82, 2.24) is 20.5 Å². The summed E-state index contributed by atoms with van der Waals surface area (Å²) in [6.07, 6.45) is 2.83. The van der Waals surface area contributed by atoms with Crippen molar-refractivity contribution in [3.8, 4) is 0 Å². The number of carbonyl (C=O) groups excluding carboxylic acids is 2. The largest absolute Gasteiger partial charge is 0.467 e. The lowest BCUT2D eigenvalue weighted by Gasteiger charge is -2.38. The summed E-state index contributed by atoms with van der Waals surface area (Å²) in [5.74, 6) is -0.508. The molecule has 3 N–H and O–H groups in total. The van der Waals surface area contributed by atoms with Gasteiger partial charge in [-0.25, -0.2) is 9.59 Å². The van der Waals surface area contributed by atoms with Crippen LogP contribution in [-0.4, -0.2) is 66.4 Å². The van der Waals surface area contributed by atoms with E-state index in [-0.39, 0.29) is 25.4 Å². The number of hydrogen-bond donors (Lipinski definition) is 3. The SMILES string of the molecule is COC(=O)C(Cc1ccccc1)NC(=O)NCc1ccc(C2OC(CN(C)CCc3ccccn3)CC(c3ccc(CO)cc3)O2)cc1. The van der Waals surface area contributed by atoms with Gasteiger partial charge in [0.1, 0.15) is 6.04 Å². The van der Waals surface area contributed by atoms with E-state index in [1.165, 1.54) is 7.11 Å². The maximum atomic E-state index is 12.7. The lowest BCUT2D eigenvalue weighted by molar-refractivity contribution is -0.252. The lowest BCUT2D eigenvalue weighted by Crippen LogP contribution is -2.47. The van der Waals surface area contributed by atoms with E-state index in [9.17, 15) is 14.7 Å². The van der Waals surface area contributed by atoms with Gasteiger partial charge in [0.25, 0.3) is 0 Å². The third-order valence-electron chi connectivity index (χ3n) is 8.38. The van der Waals surface area contributed by atoms with E-state index >= 15 is 0 Å². The quantitative estimate of drug-likeness (QED) is 0.165. The first-order chi connectivity index (χ1) is 23.4. The number of methoxy groups -OCH3 is 1. The van der Waals surface area contributed by atoms with Crippen molar-refractivity contribution in [3.05, 3.63) is 137 Å². The number of pyridine rings is 1. The number of ether oxygens (including phenoxy) is 3. The third-order valence-corrected chi connectivity index (χ3v) is 8.38. The lowest BCUT2D eigenvalue weighted by atomic mass is 9.99. The Kier molecular flexibility index (Phi) is 12.7. The molecular formula is C38H44N4O6. The number of carbonyl (C=O) groups is 2. The summed E-state index contributed by atoms with van der Waals surface area (Å²) in [5.41, 5.74) is 5.60. The van der Waals surface area contributed by atoms with E-state index in [4.69, 9.17) is 14.2 Å². The summed E-state index contributed by atoms with van der Waals surface area (Å²) >= 11 is 0. The molecule has 48 heavy (non-hydrogen) atoms. The second-order valence-electron chi connectivity index (χ2n) is 12.0. The minimum absolute atomic E-state index is 0.0103. The van der Waals surface area contributed by atoms with Crippen LogP contribution < -0.4 is 10.6 Å². The van der Waals surface area contributed by atoms with E-state index in [1.54, 1.807) is 0 Å². The molecule has 10 nitrogen and oxygen atoms in total. The molecule has 3 aromatic carbocycles. The first-order valence-corrected chi connectivity index (χ1v) is 16.2. The number of benzene rings is 3. The average molecular weight is 653 g/mol. The van der Waals surface area contributed by atoms with Crippen LogP contribution in [0.4, 0.5) is 4.79 Å². The minimum atomic E-state index is -0.810. The number of nitrogens with one attached hydrogen (secondary N) is 2. The van der Waals surface area contributed by atoms with Gasteiger partial charge in [-0.05, 0) is 41.4 Å². The van der Waals surface area contributed by atoms with Crippen LogP contribution in [0.3, 0.4) is 0 Å². The van der Waals surface area contributed by atoms with Crippen molar-refractivity contribution in [3.63, 3.8) is 0 Å². The monoisotopic (exact) mass is 652 g/mol. The molecule has 1 saturated heterocycles. The number of nitrogens with zero attached hydrogens (tertiary/aromatic N) is 2. The number of esters is 1. The number of aromatic nitrogens is 1. The van der Waals surface area contributed by atoms with Gasteiger partial charge in [0, 0.05) is 56.4 Å². The molecule has 0 aliphatic carbocycles. The van der Waals surface area contributed by atoms with Crippen molar-refractivity contribution in [2.24, 2.45) is 0 Å². The van der Waals surface area contributed by atoms with E-state index < -0.39 is 24.3 Å². The number of aliphatic hydroxyl groups is 1. The second kappa shape index (κ2) is 17.5. The summed E-state index contributed by atoms with van der Waals surface area (Å²) in [7, 11) is 3.40. The number of hydrogen-bond acceptors (Lipinski definition) is 8. The van der Waals surface area contributed by atoms with Crippen molar-refractivity contribution in [2.75, 3.05) is 27.2 Å². The molecule has 0 bridgehead atoms. The van der Waals surface area contributed by atoms with Gasteiger partial charge in [-0.1, -0.05) is 84.9 Å². The average Bonchev–Trinajstić information content (AvgIpc) is 3.13. The zero-order chi connectivity index (χ0) is 33.7. The van der Waals surface area contributed by atoms with Crippen LogP contribution in [0.15, 0.2) is 103 Å². The van der Waals surface area contributed by atoms with Crippen molar-refractivity contribution in [2.45, 2.75) is 57.0 Å². The molecule has 4 aromatic rings. The molecule has 4 atom stereocenters. The van der Waals surface area contributed by atoms with Gasteiger partial charge in [0.15, 0.2) is 6.29 Å². The minimum Gasteiger partial charge on any atom is -0.467 e. The summed E-state index contributed by atoms with van der Waals surface area (Å²) in [5, 5.41) is 15.1. The molecule has 1 aliphatic rings. The van der Waals surface area contributed by atoms with Gasteiger partial charge in [-0.2, -0.15) is 0 Å². The summed E-state index contributed by atoms with van der Waals surface area (Å²) < 4.78 is 17.9. The Bertz CT molecular complexity index is 1570. The van der Waals surface area contributed by atoms with Crippen LogP contribution in [0.1, 0.15) is 52.3 Å². The van der Waals surface area contributed by atoms with Gasteiger partial charge in [0.05, 0.1) is 25.9 Å². The predicted molar refractivity (Wildman–Crippen MR) is 182 cm³/mol. The standard InChI is InChI=1S/C38H44N4O6/c1-42(21-19-32-10-6-7-20-39-32)25-33-23-35(30-15-13-29(26-43)14-16-30)48-37(47-33)31-17-11-28(12-18-31)24-40-38(45)41-34(36(44)46-2)22-27-8-4-3-5-9-27/h3-18,20,33-35,37,43H,19,21-26H2,1-2H3,(H2,40,41,45). The van der Waals surface area contributed by atoms with E-state index in [0.29, 0.717) is 12.8 Å². The van der Waals surface area contributed by atoms with Crippen LogP contribution in [0.25, 0.3) is 0 Å². The molecule has 0 spiro atoms. The Hall–Kier alpha value is -4.61. The Morgan fingerprint density at radius 3 is 2.31 bits per heavy atom. The highest BCUT2D eigenvalue weighted by molar-refractivity contribution is 5.83. The molecule has 1 aliphatic heterocycles. The van der Waals surface area contributed by atoms with Crippen molar-refractivity contribution >= 4 is 12.0 Å². The van der Waals surface area contributed by atoms with Crippen LogP contribution >= 0.6 is 0 Å². The van der Waals surface area contributed by atoms with Gasteiger partial charge in [0.2, 0.25) is 0 Å². The fourth-order valence-electron chi connectivity index (χ4n) is 5.69. The molecule has 252 valence electrons. The Balaban J connectivity index is 1.20. The van der Waals surface area contributed by atoms with E-state index in [1.807, 2.05) is 103 Å². The molecule has 1 aromatic heterocycles. The Morgan fingerprint density at radius 1 is 0.917 bits per heavy atom. The highest BCUT2D eigenvalue weighted by Crippen LogP contribution is 2.38. The first kappa shape index (κ1) is 34.7. The molecule has 0 saturated carbocycles. The predicted octanol–water partition coefficient (Wildman–Crippen LogP) is 4.88.